The van der Waals surface area contributed by atoms with Crippen LogP contribution in [0.2, 0.25) is 0 Å². The van der Waals surface area contributed by atoms with E-state index in [1.165, 1.54) is 0 Å². The Kier molecular flexibility index (Phi) is 2.73. The molecule has 1 aromatic carbocycles. The molecule has 1 amide bonds. The molecule has 1 aliphatic rings. The number of hydrogen-bond acceptors (Lipinski definition) is 3. The Morgan fingerprint density at radius 1 is 1.31 bits per heavy atom. The molecule has 1 aliphatic heterocycles. The fraction of sp³-hybridized carbons (Fsp3) is 0.417. The Bertz CT molecular complexity index is 396. The molecule has 1 unspecified atom stereocenters. The zero-order valence-corrected chi connectivity index (χ0v) is 9.44. The zero-order valence-electron chi connectivity index (χ0n) is 9.44. The first-order valence-corrected chi connectivity index (χ1v) is 5.55. The van der Waals surface area contributed by atoms with Crippen molar-refractivity contribution < 1.29 is 4.79 Å². The summed E-state index contributed by atoms with van der Waals surface area (Å²) in [5.41, 5.74) is 13.0. The van der Waals surface area contributed by atoms with E-state index in [1.807, 2.05) is 4.90 Å². The van der Waals surface area contributed by atoms with Gasteiger partial charge < -0.3 is 16.4 Å². The number of carbonyl (C=O) groups excluding carboxylic acids is 1. The van der Waals surface area contributed by atoms with Crippen molar-refractivity contribution in [3.63, 3.8) is 0 Å². The topological polar surface area (TPSA) is 72.3 Å². The lowest BCUT2D eigenvalue weighted by atomic mass is 10.1. The Morgan fingerprint density at radius 3 is 2.44 bits per heavy atom. The number of rotatable bonds is 1. The lowest BCUT2D eigenvalue weighted by molar-refractivity contribution is 0.0747. The second-order valence-corrected chi connectivity index (χ2v) is 4.38. The third kappa shape index (κ3) is 1.96. The van der Waals surface area contributed by atoms with Gasteiger partial charge in [0.05, 0.1) is 0 Å². The second kappa shape index (κ2) is 4.04. The highest BCUT2D eigenvalue weighted by molar-refractivity contribution is 5.96. The highest BCUT2D eigenvalue weighted by atomic mass is 16.2. The van der Waals surface area contributed by atoms with E-state index in [1.54, 1.807) is 18.2 Å². The first-order valence-electron chi connectivity index (χ1n) is 5.55. The summed E-state index contributed by atoms with van der Waals surface area (Å²) in [4.78, 5) is 14.1. The van der Waals surface area contributed by atoms with E-state index < -0.39 is 0 Å². The molecule has 0 saturated carbocycles. The normalized spacial score (nSPS) is 20.1. The summed E-state index contributed by atoms with van der Waals surface area (Å²) in [6.45, 7) is 2.90. The van der Waals surface area contributed by atoms with Gasteiger partial charge in [0.1, 0.15) is 0 Å². The number of amides is 1. The van der Waals surface area contributed by atoms with Gasteiger partial charge in [0, 0.05) is 29.5 Å². The van der Waals surface area contributed by atoms with Gasteiger partial charge in [0.2, 0.25) is 0 Å². The Labute approximate surface area is 95.2 Å². The number of nitrogens with zero attached hydrogens (tertiary/aromatic N) is 1. The van der Waals surface area contributed by atoms with Gasteiger partial charge >= 0.3 is 0 Å². The molecular formula is C12H17N3O. The quantitative estimate of drug-likeness (QED) is 0.703. The molecule has 1 aromatic rings. The Balaban J connectivity index is 2.26. The number of carbonyl (C=O) groups is 1. The third-order valence-electron chi connectivity index (χ3n) is 3.04. The van der Waals surface area contributed by atoms with Gasteiger partial charge in [-0.1, -0.05) is 0 Å². The molecule has 4 nitrogen and oxygen atoms in total. The molecule has 0 aromatic heterocycles. The van der Waals surface area contributed by atoms with Crippen molar-refractivity contribution in [3.05, 3.63) is 23.8 Å². The van der Waals surface area contributed by atoms with E-state index in [-0.39, 0.29) is 5.91 Å². The number of benzene rings is 1. The van der Waals surface area contributed by atoms with E-state index >= 15 is 0 Å². The molecule has 16 heavy (non-hydrogen) atoms. The molecule has 1 heterocycles. The van der Waals surface area contributed by atoms with Crippen LogP contribution in [0.4, 0.5) is 11.4 Å². The summed E-state index contributed by atoms with van der Waals surface area (Å²) in [6.07, 6.45) is 2.15. The van der Waals surface area contributed by atoms with Crippen molar-refractivity contribution in [3.8, 4) is 0 Å². The number of likely N-dealkylation sites (tertiary alicyclic amines) is 1. The van der Waals surface area contributed by atoms with Crippen LogP contribution in [-0.2, 0) is 0 Å². The number of anilines is 2. The second-order valence-electron chi connectivity index (χ2n) is 4.38. The Morgan fingerprint density at radius 2 is 1.94 bits per heavy atom. The largest absolute Gasteiger partial charge is 0.399 e. The highest BCUT2D eigenvalue weighted by Crippen LogP contribution is 2.21. The monoisotopic (exact) mass is 219 g/mol. The average molecular weight is 219 g/mol. The Hall–Kier alpha value is -1.71. The number of hydrogen-bond donors (Lipinski definition) is 2. The molecule has 1 fully saturated rings. The summed E-state index contributed by atoms with van der Waals surface area (Å²) >= 11 is 0. The minimum absolute atomic E-state index is 0.0315. The van der Waals surface area contributed by atoms with Crippen LogP contribution < -0.4 is 11.5 Å². The molecule has 0 bridgehead atoms. The van der Waals surface area contributed by atoms with Crippen molar-refractivity contribution in [2.45, 2.75) is 25.8 Å². The highest BCUT2D eigenvalue weighted by Gasteiger charge is 2.26. The molecule has 4 N–H and O–H groups in total. The molecule has 1 saturated heterocycles. The van der Waals surface area contributed by atoms with Gasteiger partial charge in [0.15, 0.2) is 0 Å². The van der Waals surface area contributed by atoms with Crippen LogP contribution in [0.1, 0.15) is 30.1 Å². The smallest absolute Gasteiger partial charge is 0.254 e. The summed E-state index contributed by atoms with van der Waals surface area (Å²) < 4.78 is 0. The number of nitrogen functional groups attached to an aromatic ring is 2. The predicted molar refractivity (Wildman–Crippen MR) is 65.0 cm³/mol. The van der Waals surface area contributed by atoms with Gasteiger partial charge in [-0.15, -0.1) is 0 Å². The molecule has 0 radical (unpaired) electrons. The third-order valence-corrected chi connectivity index (χ3v) is 3.04. The van der Waals surface area contributed by atoms with E-state index in [9.17, 15) is 4.79 Å². The minimum atomic E-state index is 0.0315. The standard InChI is InChI=1S/C12H17N3O/c1-8-3-2-4-15(8)12(16)9-5-10(13)7-11(14)6-9/h5-8H,2-4,13-14H2,1H3. The fourth-order valence-electron chi connectivity index (χ4n) is 2.20. The fourth-order valence-corrected chi connectivity index (χ4v) is 2.20. The van der Waals surface area contributed by atoms with E-state index in [2.05, 4.69) is 6.92 Å². The van der Waals surface area contributed by atoms with Crippen LogP contribution in [0.3, 0.4) is 0 Å². The molecule has 4 heteroatoms. The van der Waals surface area contributed by atoms with Gasteiger partial charge in [-0.3, -0.25) is 4.79 Å². The van der Waals surface area contributed by atoms with Crippen LogP contribution in [0, 0.1) is 0 Å². The summed E-state index contributed by atoms with van der Waals surface area (Å²) in [5, 5.41) is 0. The predicted octanol–water partition coefficient (Wildman–Crippen LogP) is 1.48. The van der Waals surface area contributed by atoms with Gasteiger partial charge in [0.25, 0.3) is 5.91 Å². The average Bonchev–Trinajstić information content (AvgIpc) is 2.62. The zero-order chi connectivity index (χ0) is 11.7. The van der Waals surface area contributed by atoms with E-state index in [4.69, 9.17) is 11.5 Å². The molecule has 1 atom stereocenters. The number of nitrogens with two attached hydrogens (primary N) is 2. The van der Waals surface area contributed by atoms with Crippen molar-refractivity contribution in [2.75, 3.05) is 18.0 Å². The SMILES string of the molecule is CC1CCCN1C(=O)c1cc(N)cc(N)c1. The van der Waals surface area contributed by atoms with Crippen LogP contribution in [0.5, 0.6) is 0 Å². The van der Waals surface area contributed by atoms with Crippen LogP contribution in [-0.4, -0.2) is 23.4 Å². The van der Waals surface area contributed by atoms with Crippen LogP contribution in [0.15, 0.2) is 18.2 Å². The van der Waals surface area contributed by atoms with Crippen LogP contribution >= 0.6 is 0 Å². The minimum Gasteiger partial charge on any atom is -0.399 e. The molecule has 2 rings (SSSR count). The van der Waals surface area contributed by atoms with E-state index in [0.717, 1.165) is 19.4 Å². The van der Waals surface area contributed by atoms with Crippen molar-refractivity contribution in [1.82, 2.24) is 4.90 Å². The van der Waals surface area contributed by atoms with Crippen molar-refractivity contribution in [2.24, 2.45) is 0 Å². The van der Waals surface area contributed by atoms with Gasteiger partial charge in [-0.05, 0) is 38.0 Å². The summed E-state index contributed by atoms with van der Waals surface area (Å²) in [5.74, 6) is 0.0315. The lowest BCUT2D eigenvalue weighted by Gasteiger charge is -2.21. The van der Waals surface area contributed by atoms with Gasteiger partial charge in [-0.25, -0.2) is 0 Å². The lowest BCUT2D eigenvalue weighted by Crippen LogP contribution is -2.33. The van der Waals surface area contributed by atoms with Crippen molar-refractivity contribution in [1.29, 1.82) is 0 Å². The maximum atomic E-state index is 12.2. The summed E-state index contributed by atoms with van der Waals surface area (Å²) in [7, 11) is 0. The van der Waals surface area contributed by atoms with Crippen LogP contribution in [0.25, 0.3) is 0 Å². The maximum Gasteiger partial charge on any atom is 0.254 e. The summed E-state index contributed by atoms with van der Waals surface area (Å²) in [6, 6.07) is 5.34. The molecule has 0 aliphatic carbocycles. The van der Waals surface area contributed by atoms with Crippen molar-refractivity contribution >= 4 is 17.3 Å². The maximum absolute atomic E-state index is 12.2. The van der Waals surface area contributed by atoms with E-state index in [0.29, 0.717) is 23.0 Å². The van der Waals surface area contributed by atoms with Gasteiger partial charge in [-0.2, -0.15) is 0 Å². The molecule has 0 spiro atoms. The first-order chi connectivity index (χ1) is 7.58. The first kappa shape index (κ1) is 10.8. The molecule has 86 valence electrons. The molecular weight excluding hydrogens is 202 g/mol.